The van der Waals surface area contributed by atoms with Crippen LogP contribution in [0.15, 0.2) is 36.4 Å². The fourth-order valence-corrected chi connectivity index (χ4v) is 2.49. The van der Waals surface area contributed by atoms with Gasteiger partial charge in [0.1, 0.15) is 5.60 Å². The van der Waals surface area contributed by atoms with Crippen LogP contribution in [0.1, 0.15) is 36.7 Å². The lowest BCUT2D eigenvalue weighted by atomic mass is 10.1. The molecule has 0 aliphatic rings. The zero-order valence-corrected chi connectivity index (χ0v) is 16.2. The second-order valence-corrected chi connectivity index (χ2v) is 7.30. The number of anilines is 3. The van der Waals surface area contributed by atoms with Crippen molar-refractivity contribution in [2.45, 2.75) is 32.9 Å². The molecule has 2 aromatic rings. The summed E-state index contributed by atoms with van der Waals surface area (Å²) < 4.78 is 5.21. The van der Waals surface area contributed by atoms with E-state index in [0.717, 1.165) is 0 Å². The van der Waals surface area contributed by atoms with Gasteiger partial charge in [0.15, 0.2) is 0 Å². The third kappa shape index (κ3) is 5.87. The van der Waals surface area contributed by atoms with Crippen LogP contribution in [-0.4, -0.2) is 17.6 Å². The molecule has 27 heavy (non-hydrogen) atoms. The predicted octanol–water partition coefficient (Wildman–Crippen LogP) is 3.98. The molecule has 2 amide bonds. The van der Waals surface area contributed by atoms with Crippen LogP contribution < -0.4 is 22.1 Å². The van der Waals surface area contributed by atoms with E-state index in [4.69, 9.17) is 27.8 Å². The molecule has 0 aliphatic heterocycles. The fourth-order valence-electron chi connectivity index (χ4n) is 2.29. The number of amides is 2. The van der Waals surface area contributed by atoms with E-state index in [9.17, 15) is 9.59 Å². The minimum atomic E-state index is -0.606. The topological polar surface area (TPSA) is 119 Å². The van der Waals surface area contributed by atoms with Crippen LogP contribution in [0.25, 0.3) is 0 Å². The number of carbonyl (C=O) groups excluding carboxylic acids is 2. The summed E-state index contributed by atoms with van der Waals surface area (Å²) in [6.45, 7) is 5.48. The van der Waals surface area contributed by atoms with E-state index in [1.807, 2.05) is 0 Å². The van der Waals surface area contributed by atoms with E-state index in [1.165, 1.54) is 6.07 Å². The van der Waals surface area contributed by atoms with Crippen molar-refractivity contribution in [3.8, 4) is 0 Å². The van der Waals surface area contributed by atoms with Crippen molar-refractivity contribution in [2.75, 3.05) is 16.4 Å². The largest absolute Gasteiger partial charge is 0.444 e. The van der Waals surface area contributed by atoms with E-state index >= 15 is 0 Å². The van der Waals surface area contributed by atoms with Crippen LogP contribution in [0, 0.1) is 0 Å². The molecule has 7 nitrogen and oxygen atoms in total. The smallest absolute Gasteiger partial charge is 0.412 e. The molecule has 0 fully saturated rings. The Morgan fingerprint density at radius 1 is 1.11 bits per heavy atom. The van der Waals surface area contributed by atoms with Gasteiger partial charge in [0.05, 0.1) is 10.6 Å². The van der Waals surface area contributed by atoms with E-state index < -0.39 is 17.6 Å². The monoisotopic (exact) mass is 390 g/mol. The number of benzene rings is 2. The number of nitrogens with two attached hydrogens (primary N) is 2. The Labute approximate surface area is 163 Å². The van der Waals surface area contributed by atoms with E-state index in [1.54, 1.807) is 51.1 Å². The summed E-state index contributed by atoms with van der Waals surface area (Å²) in [4.78, 5) is 24.4. The predicted molar refractivity (Wildman–Crippen MR) is 108 cm³/mol. The first-order valence-corrected chi connectivity index (χ1v) is 8.66. The summed E-state index contributed by atoms with van der Waals surface area (Å²) >= 11 is 6.06. The third-order valence-electron chi connectivity index (χ3n) is 3.45. The van der Waals surface area contributed by atoms with Crippen LogP contribution in [0.5, 0.6) is 0 Å². The van der Waals surface area contributed by atoms with Gasteiger partial charge < -0.3 is 21.5 Å². The average Bonchev–Trinajstić information content (AvgIpc) is 2.56. The molecule has 0 saturated heterocycles. The van der Waals surface area contributed by atoms with Gasteiger partial charge in [-0.25, -0.2) is 4.79 Å². The van der Waals surface area contributed by atoms with Crippen LogP contribution in [0.2, 0.25) is 5.02 Å². The maximum absolute atomic E-state index is 12.5. The first-order valence-electron chi connectivity index (χ1n) is 8.28. The SMILES string of the molecule is CC(C)(C)OC(=O)Nc1ccc(NC(=O)c2cc(N)ccc2Cl)c(CN)c1. The van der Waals surface area contributed by atoms with Gasteiger partial charge in [-0.3, -0.25) is 10.1 Å². The van der Waals surface area contributed by atoms with Gasteiger partial charge in [0.25, 0.3) is 5.91 Å². The number of nitrogen functional groups attached to an aromatic ring is 1. The molecule has 0 spiro atoms. The van der Waals surface area contributed by atoms with E-state index in [0.29, 0.717) is 27.6 Å². The molecule has 0 unspecified atom stereocenters. The fraction of sp³-hybridized carbons (Fsp3) is 0.263. The van der Waals surface area contributed by atoms with Gasteiger partial charge in [-0.2, -0.15) is 0 Å². The Bertz CT molecular complexity index is 863. The van der Waals surface area contributed by atoms with Crippen molar-refractivity contribution in [3.05, 3.63) is 52.5 Å². The Morgan fingerprint density at radius 2 is 1.81 bits per heavy atom. The summed E-state index contributed by atoms with van der Waals surface area (Å²) in [6.07, 6.45) is -0.575. The van der Waals surface area contributed by atoms with Crippen molar-refractivity contribution in [3.63, 3.8) is 0 Å². The van der Waals surface area contributed by atoms with Gasteiger partial charge in [-0.05, 0) is 62.7 Å². The van der Waals surface area contributed by atoms with E-state index in [2.05, 4.69) is 10.6 Å². The molecule has 144 valence electrons. The van der Waals surface area contributed by atoms with Crippen molar-refractivity contribution in [1.82, 2.24) is 0 Å². The summed E-state index contributed by atoms with van der Waals surface area (Å²) in [5, 5.41) is 5.69. The Kier molecular flexibility index (Phi) is 6.30. The van der Waals surface area contributed by atoms with Gasteiger partial charge in [0.2, 0.25) is 0 Å². The highest BCUT2D eigenvalue weighted by Crippen LogP contribution is 2.24. The highest BCUT2D eigenvalue weighted by Gasteiger charge is 2.17. The van der Waals surface area contributed by atoms with Crippen LogP contribution in [-0.2, 0) is 11.3 Å². The van der Waals surface area contributed by atoms with Crippen molar-refractivity contribution >= 4 is 40.7 Å². The lowest BCUT2D eigenvalue weighted by Crippen LogP contribution is -2.27. The zero-order chi connectivity index (χ0) is 20.2. The quantitative estimate of drug-likeness (QED) is 0.588. The lowest BCUT2D eigenvalue weighted by Gasteiger charge is -2.20. The Hall–Kier alpha value is -2.77. The molecule has 0 bridgehead atoms. The van der Waals surface area contributed by atoms with Crippen LogP contribution in [0.4, 0.5) is 21.9 Å². The summed E-state index contributed by atoms with van der Waals surface area (Å²) in [7, 11) is 0. The van der Waals surface area contributed by atoms with Crippen LogP contribution in [0.3, 0.4) is 0 Å². The number of hydrogen-bond donors (Lipinski definition) is 4. The van der Waals surface area contributed by atoms with E-state index in [-0.39, 0.29) is 12.1 Å². The minimum absolute atomic E-state index is 0.157. The second kappa shape index (κ2) is 8.28. The number of hydrogen-bond acceptors (Lipinski definition) is 5. The molecule has 6 N–H and O–H groups in total. The molecule has 2 aromatic carbocycles. The standard InChI is InChI=1S/C19H23ClN4O3/c1-19(2,3)27-18(26)23-13-5-7-16(11(8-13)10-21)24-17(25)14-9-12(22)4-6-15(14)20/h4-9H,10,21-22H2,1-3H3,(H,23,26)(H,24,25). The van der Waals surface area contributed by atoms with Crippen molar-refractivity contribution in [1.29, 1.82) is 0 Å². The molecule has 0 radical (unpaired) electrons. The summed E-state index contributed by atoms with van der Waals surface area (Å²) in [5.41, 5.74) is 13.2. The van der Waals surface area contributed by atoms with Crippen molar-refractivity contribution < 1.29 is 14.3 Å². The molecule has 0 heterocycles. The van der Waals surface area contributed by atoms with Crippen molar-refractivity contribution in [2.24, 2.45) is 5.73 Å². The third-order valence-corrected chi connectivity index (χ3v) is 3.78. The Morgan fingerprint density at radius 3 is 2.44 bits per heavy atom. The molecule has 2 rings (SSSR count). The number of carbonyl (C=O) groups is 2. The number of nitrogens with one attached hydrogen (secondary N) is 2. The summed E-state index contributed by atoms with van der Waals surface area (Å²) in [5.74, 6) is -0.408. The molecule has 0 saturated carbocycles. The highest BCUT2D eigenvalue weighted by atomic mass is 35.5. The van der Waals surface area contributed by atoms with Gasteiger partial charge in [-0.15, -0.1) is 0 Å². The first kappa shape index (κ1) is 20.5. The number of ether oxygens (including phenoxy) is 1. The maximum atomic E-state index is 12.5. The lowest BCUT2D eigenvalue weighted by molar-refractivity contribution is 0.0635. The molecule has 0 aliphatic carbocycles. The molecule has 8 heteroatoms. The highest BCUT2D eigenvalue weighted by molar-refractivity contribution is 6.34. The maximum Gasteiger partial charge on any atom is 0.412 e. The molecular formula is C19H23ClN4O3. The number of rotatable bonds is 4. The molecule has 0 atom stereocenters. The minimum Gasteiger partial charge on any atom is -0.444 e. The zero-order valence-electron chi connectivity index (χ0n) is 15.4. The van der Waals surface area contributed by atoms with Crippen LogP contribution >= 0.6 is 11.6 Å². The molecular weight excluding hydrogens is 368 g/mol. The van der Waals surface area contributed by atoms with Gasteiger partial charge in [0, 0.05) is 23.6 Å². The Balaban J connectivity index is 2.17. The summed E-state index contributed by atoms with van der Waals surface area (Å²) in [6, 6.07) is 9.62. The molecule has 0 aromatic heterocycles. The normalized spacial score (nSPS) is 11.0. The van der Waals surface area contributed by atoms with Gasteiger partial charge >= 0.3 is 6.09 Å². The number of halogens is 1. The first-order chi connectivity index (χ1) is 12.6. The van der Waals surface area contributed by atoms with Gasteiger partial charge in [-0.1, -0.05) is 11.6 Å². The average molecular weight is 391 g/mol. The second-order valence-electron chi connectivity index (χ2n) is 6.90.